The Labute approximate surface area is 107 Å². The van der Waals surface area contributed by atoms with Gasteiger partial charge in [0, 0.05) is 12.2 Å². The highest BCUT2D eigenvalue weighted by molar-refractivity contribution is 6.33. The molecule has 0 aliphatic carbocycles. The Kier molecular flexibility index (Phi) is 3.57. The molecule has 1 heterocycles. The normalized spacial score (nSPS) is 15.4. The van der Waals surface area contributed by atoms with Crippen molar-refractivity contribution in [2.75, 3.05) is 17.2 Å². The van der Waals surface area contributed by atoms with Gasteiger partial charge in [-0.1, -0.05) is 31.9 Å². The van der Waals surface area contributed by atoms with Crippen LogP contribution in [0.3, 0.4) is 0 Å². The minimum absolute atomic E-state index is 0.0372. The maximum absolute atomic E-state index is 11.3. The average molecular weight is 253 g/mol. The first-order valence-corrected chi connectivity index (χ1v) is 6.34. The van der Waals surface area contributed by atoms with Crippen LogP contribution in [0.1, 0.15) is 25.8 Å². The Hall–Kier alpha value is -1.22. The lowest BCUT2D eigenvalue weighted by Crippen LogP contribution is -2.10. The molecule has 2 N–H and O–H groups in total. The molecule has 0 radical (unpaired) electrons. The van der Waals surface area contributed by atoms with Gasteiger partial charge in [-0.15, -0.1) is 0 Å². The van der Waals surface area contributed by atoms with E-state index >= 15 is 0 Å². The van der Waals surface area contributed by atoms with E-state index in [1.54, 1.807) is 0 Å². The average Bonchev–Trinajstić information content (AvgIpc) is 2.64. The second kappa shape index (κ2) is 4.96. The summed E-state index contributed by atoms with van der Waals surface area (Å²) < 4.78 is 0. The number of hydrogen-bond acceptors (Lipinski definition) is 2. The van der Waals surface area contributed by atoms with Gasteiger partial charge < -0.3 is 10.6 Å². The van der Waals surface area contributed by atoms with Gasteiger partial charge in [-0.3, -0.25) is 4.79 Å². The fourth-order valence-electron chi connectivity index (χ4n) is 1.81. The molecule has 1 unspecified atom stereocenters. The van der Waals surface area contributed by atoms with Gasteiger partial charge in [-0.25, -0.2) is 0 Å². The highest BCUT2D eigenvalue weighted by Crippen LogP contribution is 2.32. The van der Waals surface area contributed by atoms with E-state index in [1.165, 1.54) is 0 Å². The maximum atomic E-state index is 11.3. The molecule has 0 spiro atoms. The van der Waals surface area contributed by atoms with E-state index in [0.29, 0.717) is 17.4 Å². The second-order valence-corrected chi connectivity index (χ2v) is 5.02. The summed E-state index contributed by atoms with van der Waals surface area (Å²) in [6.45, 7) is 5.26. The maximum Gasteiger partial charge on any atom is 0.228 e. The zero-order valence-electron chi connectivity index (χ0n) is 10.1. The molecule has 1 aliphatic rings. The molecule has 2 rings (SSSR count). The van der Waals surface area contributed by atoms with Crippen molar-refractivity contribution in [3.8, 4) is 0 Å². The first kappa shape index (κ1) is 12.2. The van der Waals surface area contributed by atoms with Crippen molar-refractivity contribution < 1.29 is 4.79 Å². The van der Waals surface area contributed by atoms with Gasteiger partial charge in [0.2, 0.25) is 5.91 Å². The Morgan fingerprint density at radius 1 is 1.53 bits per heavy atom. The monoisotopic (exact) mass is 252 g/mol. The lowest BCUT2D eigenvalue weighted by Gasteiger charge is -2.13. The van der Waals surface area contributed by atoms with Crippen LogP contribution in [0.25, 0.3) is 0 Å². The summed E-state index contributed by atoms with van der Waals surface area (Å²) in [6.07, 6.45) is 1.58. The molecular formula is C13H17ClN2O. The molecule has 0 bridgehead atoms. The summed E-state index contributed by atoms with van der Waals surface area (Å²) >= 11 is 6.17. The lowest BCUT2D eigenvalue weighted by molar-refractivity contribution is -0.115. The van der Waals surface area contributed by atoms with Gasteiger partial charge >= 0.3 is 0 Å². The lowest BCUT2D eigenvalue weighted by atomic mass is 10.1. The van der Waals surface area contributed by atoms with E-state index in [-0.39, 0.29) is 5.91 Å². The quantitative estimate of drug-likeness (QED) is 0.863. The highest BCUT2D eigenvalue weighted by Gasteiger charge is 2.19. The molecule has 0 saturated carbocycles. The molecule has 1 atom stereocenters. The van der Waals surface area contributed by atoms with E-state index in [4.69, 9.17) is 11.6 Å². The van der Waals surface area contributed by atoms with Crippen LogP contribution in [0.5, 0.6) is 0 Å². The molecule has 17 heavy (non-hydrogen) atoms. The van der Waals surface area contributed by atoms with Gasteiger partial charge in [-0.05, 0) is 23.6 Å². The molecule has 1 aromatic rings. The van der Waals surface area contributed by atoms with Crippen molar-refractivity contribution in [1.29, 1.82) is 0 Å². The summed E-state index contributed by atoms with van der Waals surface area (Å²) in [5.74, 6) is 0.647. The number of benzene rings is 1. The second-order valence-electron chi connectivity index (χ2n) is 4.61. The first-order valence-electron chi connectivity index (χ1n) is 5.96. The van der Waals surface area contributed by atoms with Gasteiger partial charge in [0.05, 0.1) is 17.1 Å². The SMILES string of the molecule is CCC(C)CNc1cc2c(cc1Cl)NC(=O)C2. The van der Waals surface area contributed by atoms with Crippen LogP contribution in [0.2, 0.25) is 5.02 Å². The number of rotatable bonds is 4. The Bertz CT molecular complexity index is 445. The molecule has 1 aromatic carbocycles. The first-order chi connectivity index (χ1) is 8.10. The van der Waals surface area contributed by atoms with Crippen LogP contribution in [0.15, 0.2) is 12.1 Å². The standard InChI is InChI=1S/C13H17ClN2O/c1-3-8(2)7-15-12-4-9-5-13(17)16-11(9)6-10(12)14/h4,6,8,15H,3,5,7H2,1-2H3,(H,16,17). The number of amides is 1. The number of nitrogens with one attached hydrogen (secondary N) is 2. The van der Waals surface area contributed by atoms with Crippen LogP contribution in [-0.4, -0.2) is 12.5 Å². The molecule has 4 heteroatoms. The molecule has 0 saturated heterocycles. The highest BCUT2D eigenvalue weighted by atomic mass is 35.5. The summed E-state index contributed by atoms with van der Waals surface area (Å²) in [4.78, 5) is 11.3. The summed E-state index contributed by atoms with van der Waals surface area (Å²) in [5, 5.41) is 6.79. The van der Waals surface area contributed by atoms with E-state index in [9.17, 15) is 4.79 Å². The zero-order valence-corrected chi connectivity index (χ0v) is 10.9. The predicted molar refractivity (Wildman–Crippen MR) is 71.7 cm³/mol. The fraction of sp³-hybridized carbons (Fsp3) is 0.462. The van der Waals surface area contributed by atoms with Crippen molar-refractivity contribution in [3.63, 3.8) is 0 Å². The summed E-state index contributed by atoms with van der Waals surface area (Å²) in [6, 6.07) is 3.79. The molecule has 1 amide bonds. The van der Waals surface area contributed by atoms with E-state index in [2.05, 4.69) is 24.5 Å². The number of halogens is 1. The molecule has 1 aliphatic heterocycles. The van der Waals surface area contributed by atoms with Crippen LogP contribution in [0.4, 0.5) is 11.4 Å². The van der Waals surface area contributed by atoms with Gasteiger partial charge in [-0.2, -0.15) is 0 Å². The van der Waals surface area contributed by atoms with Crippen molar-refractivity contribution in [3.05, 3.63) is 22.7 Å². The third-order valence-electron chi connectivity index (χ3n) is 3.16. The largest absolute Gasteiger partial charge is 0.384 e. The van der Waals surface area contributed by atoms with Crippen LogP contribution < -0.4 is 10.6 Å². The minimum Gasteiger partial charge on any atom is -0.384 e. The van der Waals surface area contributed by atoms with E-state index in [1.807, 2.05) is 12.1 Å². The third kappa shape index (κ3) is 2.72. The van der Waals surface area contributed by atoms with Crippen molar-refractivity contribution in [2.45, 2.75) is 26.7 Å². The topological polar surface area (TPSA) is 41.1 Å². The summed E-state index contributed by atoms with van der Waals surface area (Å²) in [7, 11) is 0. The third-order valence-corrected chi connectivity index (χ3v) is 3.47. The van der Waals surface area contributed by atoms with Gasteiger partial charge in [0.25, 0.3) is 0 Å². The molecule has 0 fully saturated rings. The molecule has 3 nitrogen and oxygen atoms in total. The van der Waals surface area contributed by atoms with Crippen LogP contribution >= 0.6 is 11.6 Å². The molecule has 0 aromatic heterocycles. The van der Waals surface area contributed by atoms with E-state index < -0.39 is 0 Å². The number of carbonyl (C=O) groups is 1. The number of carbonyl (C=O) groups excluding carboxylic acids is 1. The fourth-order valence-corrected chi connectivity index (χ4v) is 2.04. The van der Waals surface area contributed by atoms with Crippen molar-refractivity contribution >= 4 is 28.9 Å². The zero-order chi connectivity index (χ0) is 12.4. The van der Waals surface area contributed by atoms with Crippen LogP contribution in [0, 0.1) is 5.92 Å². The number of hydrogen-bond donors (Lipinski definition) is 2. The van der Waals surface area contributed by atoms with Crippen LogP contribution in [-0.2, 0) is 11.2 Å². The Morgan fingerprint density at radius 2 is 2.29 bits per heavy atom. The van der Waals surface area contributed by atoms with Crippen molar-refractivity contribution in [2.24, 2.45) is 5.92 Å². The minimum atomic E-state index is 0.0372. The summed E-state index contributed by atoms with van der Waals surface area (Å²) in [5.41, 5.74) is 2.78. The van der Waals surface area contributed by atoms with Gasteiger partial charge in [0.15, 0.2) is 0 Å². The predicted octanol–water partition coefficient (Wildman–Crippen LogP) is 3.29. The Morgan fingerprint density at radius 3 is 3.00 bits per heavy atom. The molecular weight excluding hydrogens is 236 g/mol. The Balaban J connectivity index is 2.14. The number of fused-ring (bicyclic) bond motifs is 1. The van der Waals surface area contributed by atoms with Gasteiger partial charge in [0.1, 0.15) is 0 Å². The van der Waals surface area contributed by atoms with E-state index in [0.717, 1.165) is 29.9 Å². The smallest absolute Gasteiger partial charge is 0.228 e. The molecule has 92 valence electrons. The number of anilines is 2. The van der Waals surface area contributed by atoms with Crippen molar-refractivity contribution in [1.82, 2.24) is 0 Å².